The van der Waals surface area contributed by atoms with Gasteiger partial charge in [0.2, 0.25) is 5.95 Å². The lowest BCUT2D eigenvalue weighted by atomic mass is 10.1. The third kappa shape index (κ3) is 1.78. The number of halogens is 1. The molecule has 3 heterocycles. The second-order valence-electron chi connectivity index (χ2n) is 4.65. The van der Waals surface area contributed by atoms with Crippen molar-refractivity contribution in [1.29, 1.82) is 0 Å². The van der Waals surface area contributed by atoms with Crippen molar-refractivity contribution in [3.63, 3.8) is 0 Å². The minimum Gasteiger partial charge on any atom is -0.379 e. The molecule has 2 atom stereocenters. The Bertz CT molecular complexity index is 365. The number of nitrogens with zero attached hydrogens (tertiary/aromatic N) is 2. The molecule has 0 amide bonds. The molecule has 3 nitrogen and oxygen atoms in total. The summed E-state index contributed by atoms with van der Waals surface area (Å²) in [6, 6.07) is 4.35. The summed E-state index contributed by atoms with van der Waals surface area (Å²) in [7, 11) is 0. The summed E-state index contributed by atoms with van der Waals surface area (Å²) in [6.45, 7) is 2.43. The third-order valence-electron chi connectivity index (χ3n) is 3.69. The predicted molar refractivity (Wildman–Crippen MR) is 60.8 cm³/mol. The van der Waals surface area contributed by atoms with Crippen molar-refractivity contribution in [2.75, 3.05) is 18.4 Å². The summed E-state index contributed by atoms with van der Waals surface area (Å²) >= 11 is 0. The minimum atomic E-state index is -0.417. The molecule has 2 saturated heterocycles. The number of anilines is 1. The average Bonchev–Trinajstić information content (AvgIpc) is 2.86. The van der Waals surface area contributed by atoms with Gasteiger partial charge in [0.1, 0.15) is 0 Å². The van der Waals surface area contributed by atoms with Crippen LogP contribution in [-0.2, 0) is 0 Å². The van der Waals surface area contributed by atoms with Crippen LogP contribution in [0.25, 0.3) is 0 Å². The van der Waals surface area contributed by atoms with Crippen molar-refractivity contribution in [3.05, 3.63) is 24.3 Å². The van der Waals surface area contributed by atoms with Crippen LogP contribution in [0.4, 0.5) is 10.1 Å². The van der Waals surface area contributed by atoms with Gasteiger partial charge in [0.15, 0.2) is 0 Å². The van der Waals surface area contributed by atoms with Crippen LogP contribution in [0.2, 0.25) is 0 Å². The number of hydrogen-bond donors (Lipinski definition) is 1. The third-order valence-corrected chi connectivity index (χ3v) is 3.69. The van der Waals surface area contributed by atoms with Gasteiger partial charge >= 0.3 is 0 Å². The van der Waals surface area contributed by atoms with Crippen LogP contribution in [0.5, 0.6) is 0 Å². The van der Waals surface area contributed by atoms with Gasteiger partial charge in [-0.1, -0.05) is 0 Å². The van der Waals surface area contributed by atoms with E-state index in [1.807, 2.05) is 0 Å². The molecular formula is C12H16FN3. The van der Waals surface area contributed by atoms with E-state index in [1.54, 1.807) is 12.3 Å². The molecule has 86 valence electrons. The minimum absolute atomic E-state index is 0.417. The van der Waals surface area contributed by atoms with E-state index in [9.17, 15) is 4.39 Å². The van der Waals surface area contributed by atoms with Crippen molar-refractivity contribution in [2.24, 2.45) is 0 Å². The van der Waals surface area contributed by atoms with Gasteiger partial charge in [0.05, 0.1) is 11.9 Å². The number of nitrogens with one attached hydrogen (secondary N) is 1. The summed E-state index contributed by atoms with van der Waals surface area (Å²) in [4.78, 5) is 6.21. The first-order valence-corrected chi connectivity index (χ1v) is 5.95. The van der Waals surface area contributed by atoms with Crippen LogP contribution in [-0.4, -0.2) is 35.1 Å². The Balaban J connectivity index is 1.68. The van der Waals surface area contributed by atoms with Crippen molar-refractivity contribution < 1.29 is 4.39 Å². The number of fused-ring (bicyclic) bond motifs is 1. The molecule has 0 spiro atoms. The lowest BCUT2D eigenvalue weighted by Gasteiger charge is -2.21. The van der Waals surface area contributed by atoms with Crippen LogP contribution >= 0.6 is 0 Å². The molecule has 2 aliphatic rings. The molecular weight excluding hydrogens is 205 g/mol. The van der Waals surface area contributed by atoms with Gasteiger partial charge in [-0.3, -0.25) is 4.90 Å². The highest BCUT2D eigenvalue weighted by Crippen LogP contribution is 2.29. The fourth-order valence-electron chi connectivity index (χ4n) is 2.93. The normalized spacial score (nSPS) is 29.3. The largest absolute Gasteiger partial charge is 0.379 e. The van der Waals surface area contributed by atoms with Gasteiger partial charge in [-0.25, -0.2) is 4.98 Å². The van der Waals surface area contributed by atoms with E-state index >= 15 is 0 Å². The number of hydrogen-bond acceptors (Lipinski definition) is 3. The summed E-state index contributed by atoms with van der Waals surface area (Å²) in [5.41, 5.74) is 0.931. The molecule has 16 heavy (non-hydrogen) atoms. The molecule has 4 heteroatoms. The molecule has 2 unspecified atom stereocenters. The zero-order valence-corrected chi connectivity index (χ0v) is 9.19. The van der Waals surface area contributed by atoms with E-state index in [2.05, 4.69) is 15.2 Å². The maximum Gasteiger partial charge on any atom is 0.212 e. The van der Waals surface area contributed by atoms with Gasteiger partial charge < -0.3 is 5.32 Å². The summed E-state index contributed by atoms with van der Waals surface area (Å²) < 4.78 is 12.7. The van der Waals surface area contributed by atoms with Gasteiger partial charge in [0.25, 0.3) is 0 Å². The van der Waals surface area contributed by atoms with E-state index in [0.717, 1.165) is 5.69 Å². The van der Waals surface area contributed by atoms with E-state index in [0.29, 0.717) is 12.1 Å². The van der Waals surface area contributed by atoms with Crippen LogP contribution in [0.3, 0.4) is 0 Å². The van der Waals surface area contributed by atoms with Crippen LogP contribution in [0.15, 0.2) is 18.3 Å². The van der Waals surface area contributed by atoms with E-state index < -0.39 is 5.95 Å². The molecule has 2 aliphatic heterocycles. The highest BCUT2D eigenvalue weighted by atomic mass is 19.1. The van der Waals surface area contributed by atoms with Crippen LogP contribution in [0.1, 0.15) is 19.3 Å². The molecule has 0 saturated carbocycles. The first kappa shape index (κ1) is 10.0. The first-order chi connectivity index (χ1) is 7.83. The summed E-state index contributed by atoms with van der Waals surface area (Å²) in [5.74, 6) is -0.417. The van der Waals surface area contributed by atoms with E-state index in [-0.39, 0.29) is 0 Å². The molecule has 0 aromatic carbocycles. The van der Waals surface area contributed by atoms with E-state index in [1.165, 1.54) is 38.4 Å². The molecule has 0 radical (unpaired) electrons. The van der Waals surface area contributed by atoms with Gasteiger partial charge in [-0.2, -0.15) is 4.39 Å². The Labute approximate surface area is 94.7 Å². The van der Waals surface area contributed by atoms with Crippen LogP contribution < -0.4 is 5.32 Å². The number of rotatable bonds is 2. The first-order valence-electron chi connectivity index (χ1n) is 5.95. The molecule has 0 aliphatic carbocycles. The second kappa shape index (κ2) is 4.01. The van der Waals surface area contributed by atoms with Gasteiger partial charge in [0, 0.05) is 18.6 Å². The van der Waals surface area contributed by atoms with Crippen molar-refractivity contribution in [2.45, 2.75) is 31.3 Å². The zero-order valence-electron chi connectivity index (χ0n) is 9.19. The highest BCUT2D eigenvalue weighted by Gasteiger charge is 2.36. The summed E-state index contributed by atoms with van der Waals surface area (Å²) in [5, 5.41) is 3.47. The van der Waals surface area contributed by atoms with Gasteiger partial charge in [-0.15, -0.1) is 0 Å². The molecule has 1 N–H and O–H groups in total. The Hall–Kier alpha value is -1.16. The quantitative estimate of drug-likeness (QED) is 0.773. The SMILES string of the molecule is Fc1ccc(NC2CCN3CCCC23)cn1. The van der Waals surface area contributed by atoms with Crippen molar-refractivity contribution in [1.82, 2.24) is 9.88 Å². The standard InChI is InChI=1S/C12H16FN3/c13-12-4-3-9(8-14-12)15-10-5-7-16-6-1-2-11(10)16/h3-4,8,10-11,15H,1-2,5-7H2. The Kier molecular flexibility index (Phi) is 2.52. The second-order valence-corrected chi connectivity index (χ2v) is 4.65. The lowest BCUT2D eigenvalue weighted by molar-refractivity contribution is 0.318. The molecule has 1 aromatic heterocycles. The van der Waals surface area contributed by atoms with Crippen molar-refractivity contribution >= 4 is 5.69 Å². The Morgan fingerprint density at radius 2 is 2.25 bits per heavy atom. The maximum atomic E-state index is 12.7. The number of pyridine rings is 1. The fraction of sp³-hybridized carbons (Fsp3) is 0.583. The highest BCUT2D eigenvalue weighted by molar-refractivity contribution is 5.41. The van der Waals surface area contributed by atoms with E-state index in [4.69, 9.17) is 0 Å². The molecule has 2 fully saturated rings. The fourth-order valence-corrected chi connectivity index (χ4v) is 2.93. The maximum absolute atomic E-state index is 12.7. The average molecular weight is 221 g/mol. The zero-order chi connectivity index (χ0) is 11.0. The number of aromatic nitrogens is 1. The topological polar surface area (TPSA) is 28.2 Å². The summed E-state index contributed by atoms with van der Waals surface area (Å²) in [6.07, 6.45) is 5.35. The smallest absolute Gasteiger partial charge is 0.212 e. The predicted octanol–water partition coefficient (Wildman–Crippen LogP) is 1.87. The molecule has 3 rings (SSSR count). The van der Waals surface area contributed by atoms with Crippen molar-refractivity contribution in [3.8, 4) is 0 Å². The molecule has 1 aromatic rings. The molecule has 0 bridgehead atoms. The Morgan fingerprint density at radius 3 is 3.06 bits per heavy atom. The monoisotopic (exact) mass is 221 g/mol. The lowest BCUT2D eigenvalue weighted by Crippen LogP contribution is -2.33. The Morgan fingerprint density at radius 1 is 1.31 bits per heavy atom. The van der Waals surface area contributed by atoms with Crippen LogP contribution in [0, 0.1) is 5.95 Å². The van der Waals surface area contributed by atoms with Gasteiger partial charge in [-0.05, 0) is 37.9 Å².